The van der Waals surface area contributed by atoms with E-state index in [1.54, 1.807) is 56.5 Å². The second-order valence-corrected chi connectivity index (χ2v) is 8.25. The number of carbonyl (C=O) groups is 2. The molecule has 0 atom stereocenters. The maximum Gasteiger partial charge on any atom is 0.338 e. The van der Waals surface area contributed by atoms with Crippen LogP contribution in [0.3, 0.4) is 0 Å². The van der Waals surface area contributed by atoms with Crippen LogP contribution < -0.4 is 14.8 Å². The molecule has 4 aromatic rings. The van der Waals surface area contributed by atoms with Gasteiger partial charge in [-0.3, -0.25) is 4.79 Å². The van der Waals surface area contributed by atoms with E-state index in [-0.39, 0.29) is 18.8 Å². The molecule has 0 aliphatic heterocycles. The summed E-state index contributed by atoms with van der Waals surface area (Å²) < 4.78 is 16.5. The average Bonchev–Trinajstić information content (AvgIpc) is 2.95. The highest BCUT2D eigenvalue weighted by atomic mass is 16.5. The molecule has 7 nitrogen and oxygen atoms in total. The SMILES string of the molecule is CCOC(=O)c1ccc(NC(=O)/C(C#N)=C/c2ccc(OC)cc2OCc2cccc3ccccc23)cc1. The van der Waals surface area contributed by atoms with Crippen molar-refractivity contribution in [1.29, 1.82) is 5.26 Å². The predicted molar refractivity (Wildman–Crippen MR) is 146 cm³/mol. The number of nitrogens with one attached hydrogen (secondary N) is 1. The summed E-state index contributed by atoms with van der Waals surface area (Å²) in [5.74, 6) is 0.0158. The first-order valence-corrected chi connectivity index (χ1v) is 12.0. The summed E-state index contributed by atoms with van der Waals surface area (Å²) in [4.78, 5) is 24.7. The van der Waals surface area contributed by atoms with Gasteiger partial charge >= 0.3 is 5.97 Å². The molecule has 4 aromatic carbocycles. The van der Waals surface area contributed by atoms with Crippen LogP contribution in [0.4, 0.5) is 5.69 Å². The molecule has 0 fully saturated rings. The number of hydrogen-bond acceptors (Lipinski definition) is 6. The molecular weight excluding hydrogens is 480 g/mol. The summed E-state index contributed by atoms with van der Waals surface area (Å²) in [5.41, 5.74) is 2.25. The first-order valence-electron chi connectivity index (χ1n) is 12.0. The summed E-state index contributed by atoms with van der Waals surface area (Å²) in [6.45, 7) is 2.29. The fourth-order valence-corrected chi connectivity index (χ4v) is 3.87. The number of nitriles is 1. The Morgan fingerprint density at radius 1 is 0.974 bits per heavy atom. The van der Waals surface area contributed by atoms with Crippen molar-refractivity contribution in [2.24, 2.45) is 0 Å². The third-order valence-corrected chi connectivity index (χ3v) is 5.80. The number of fused-ring (bicyclic) bond motifs is 1. The van der Waals surface area contributed by atoms with E-state index in [0.717, 1.165) is 16.3 Å². The Labute approximate surface area is 220 Å². The Bertz CT molecular complexity index is 1530. The van der Waals surface area contributed by atoms with Gasteiger partial charge in [0.15, 0.2) is 0 Å². The van der Waals surface area contributed by atoms with Crippen molar-refractivity contribution in [1.82, 2.24) is 0 Å². The molecule has 0 radical (unpaired) electrons. The molecule has 4 rings (SSSR count). The van der Waals surface area contributed by atoms with Crippen LogP contribution in [-0.2, 0) is 16.1 Å². The van der Waals surface area contributed by atoms with Crippen LogP contribution in [0.2, 0.25) is 0 Å². The Kier molecular flexibility index (Phi) is 8.37. The molecule has 0 bridgehead atoms. The van der Waals surface area contributed by atoms with E-state index in [4.69, 9.17) is 14.2 Å². The van der Waals surface area contributed by atoms with Gasteiger partial charge in [0.25, 0.3) is 5.91 Å². The second-order valence-electron chi connectivity index (χ2n) is 8.25. The molecule has 190 valence electrons. The van der Waals surface area contributed by atoms with Crippen molar-refractivity contribution < 1.29 is 23.8 Å². The largest absolute Gasteiger partial charge is 0.497 e. The van der Waals surface area contributed by atoms with Crippen LogP contribution in [0.25, 0.3) is 16.8 Å². The number of rotatable bonds is 9. The van der Waals surface area contributed by atoms with Gasteiger partial charge in [-0.2, -0.15) is 5.26 Å². The molecule has 0 spiro atoms. The smallest absolute Gasteiger partial charge is 0.338 e. The lowest BCUT2D eigenvalue weighted by Gasteiger charge is -2.13. The van der Waals surface area contributed by atoms with Gasteiger partial charge in [-0.25, -0.2) is 4.79 Å². The Morgan fingerprint density at radius 3 is 2.47 bits per heavy atom. The van der Waals surface area contributed by atoms with Crippen molar-refractivity contribution in [2.45, 2.75) is 13.5 Å². The van der Waals surface area contributed by atoms with Crippen molar-refractivity contribution >= 4 is 34.4 Å². The molecule has 0 saturated carbocycles. The van der Waals surface area contributed by atoms with Crippen LogP contribution in [0.1, 0.15) is 28.4 Å². The zero-order chi connectivity index (χ0) is 26.9. The molecule has 38 heavy (non-hydrogen) atoms. The second kappa shape index (κ2) is 12.2. The van der Waals surface area contributed by atoms with Crippen LogP contribution in [0.15, 0.2) is 90.5 Å². The Balaban J connectivity index is 1.55. The number of carbonyl (C=O) groups excluding carboxylic acids is 2. The van der Waals surface area contributed by atoms with E-state index in [2.05, 4.69) is 5.32 Å². The van der Waals surface area contributed by atoms with Crippen LogP contribution in [0, 0.1) is 11.3 Å². The summed E-state index contributed by atoms with van der Waals surface area (Å²) in [5, 5.41) is 14.6. The maximum atomic E-state index is 12.9. The number of nitrogens with zero attached hydrogens (tertiary/aromatic N) is 1. The molecule has 0 heterocycles. The topological polar surface area (TPSA) is 97.7 Å². The van der Waals surface area contributed by atoms with Crippen LogP contribution >= 0.6 is 0 Å². The average molecular weight is 507 g/mol. The first kappa shape index (κ1) is 26.0. The minimum Gasteiger partial charge on any atom is -0.497 e. The number of hydrogen-bond donors (Lipinski definition) is 1. The number of benzene rings is 4. The molecule has 0 saturated heterocycles. The minimum atomic E-state index is -0.591. The lowest BCUT2D eigenvalue weighted by molar-refractivity contribution is -0.112. The lowest BCUT2D eigenvalue weighted by Crippen LogP contribution is -2.14. The van der Waals surface area contributed by atoms with Gasteiger partial charge in [0.2, 0.25) is 0 Å². The van der Waals surface area contributed by atoms with Crippen molar-refractivity contribution in [2.75, 3.05) is 19.0 Å². The zero-order valence-electron chi connectivity index (χ0n) is 21.1. The summed E-state index contributed by atoms with van der Waals surface area (Å²) in [6.07, 6.45) is 1.47. The lowest BCUT2D eigenvalue weighted by atomic mass is 10.1. The number of methoxy groups -OCH3 is 1. The fourth-order valence-electron chi connectivity index (χ4n) is 3.87. The van der Waals surface area contributed by atoms with Gasteiger partial charge in [0.05, 0.1) is 19.3 Å². The van der Waals surface area contributed by atoms with E-state index < -0.39 is 11.9 Å². The van der Waals surface area contributed by atoms with E-state index in [1.165, 1.54) is 6.08 Å². The quantitative estimate of drug-likeness (QED) is 0.166. The monoisotopic (exact) mass is 506 g/mol. The van der Waals surface area contributed by atoms with Gasteiger partial charge in [-0.15, -0.1) is 0 Å². The first-order chi connectivity index (χ1) is 18.5. The van der Waals surface area contributed by atoms with Crippen molar-refractivity contribution in [3.05, 3.63) is 107 Å². The van der Waals surface area contributed by atoms with Crippen molar-refractivity contribution in [3.8, 4) is 17.6 Å². The Hall–Kier alpha value is -5.09. The Morgan fingerprint density at radius 2 is 1.74 bits per heavy atom. The van der Waals surface area contributed by atoms with Crippen LogP contribution in [0.5, 0.6) is 11.5 Å². The minimum absolute atomic E-state index is 0.111. The maximum absolute atomic E-state index is 12.9. The molecule has 1 N–H and O–H groups in total. The predicted octanol–water partition coefficient (Wildman–Crippen LogP) is 6.15. The third kappa shape index (κ3) is 6.18. The standard InChI is InChI=1S/C31H26N2O5/c1-3-37-31(35)22-11-14-26(15-12-22)33-30(34)25(19-32)17-23-13-16-27(36-2)18-29(23)38-20-24-9-6-8-21-7-4-5-10-28(21)24/h4-18H,3,20H2,1-2H3,(H,33,34)/b25-17+. The van der Waals surface area contributed by atoms with Gasteiger partial charge in [0.1, 0.15) is 29.7 Å². The number of anilines is 1. The van der Waals surface area contributed by atoms with E-state index in [9.17, 15) is 14.9 Å². The number of esters is 1. The van der Waals surface area contributed by atoms with Crippen molar-refractivity contribution in [3.63, 3.8) is 0 Å². The molecule has 0 aliphatic carbocycles. The summed E-state index contributed by atoms with van der Waals surface area (Å²) in [7, 11) is 1.56. The fraction of sp³-hybridized carbons (Fsp3) is 0.129. The van der Waals surface area contributed by atoms with Gasteiger partial charge in [-0.05, 0) is 65.7 Å². The highest BCUT2D eigenvalue weighted by Crippen LogP contribution is 2.29. The number of amides is 1. The zero-order valence-corrected chi connectivity index (χ0v) is 21.1. The van der Waals surface area contributed by atoms with E-state index in [0.29, 0.717) is 28.3 Å². The molecule has 1 amide bonds. The van der Waals surface area contributed by atoms with Gasteiger partial charge in [0, 0.05) is 17.3 Å². The van der Waals surface area contributed by atoms with Gasteiger partial charge in [-0.1, -0.05) is 42.5 Å². The van der Waals surface area contributed by atoms with E-state index >= 15 is 0 Å². The highest BCUT2D eigenvalue weighted by Gasteiger charge is 2.14. The third-order valence-electron chi connectivity index (χ3n) is 5.80. The molecule has 0 aliphatic rings. The normalized spacial score (nSPS) is 10.9. The summed E-state index contributed by atoms with van der Waals surface area (Å²) >= 11 is 0. The van der Waals surface area contributed by atoms with Crippen LogP contribution in [-0.4, -0.2) is 25.6 Å². The molecule has 7 heteroatoms. The summed E-state index contributed by atoms with van der Waals surface area (Å²) in [6, 6.07) is 27.5. The molecular formula is C31H26N2O5. The van der Waals surface area contributed by atoms with Gasteiger partial charge < -0.3 is 19.5 Å². The molecule has 0 unspecified atom stereocenters. The highest BCUT2D eigenvalue weighted by molar-refractivity contribution is 6.10. The van der Waals surface area contributed by atoms with E-state index in [1.807, 2.05) is 48.5 Å². The molecule has 0 aromatic heterocycles. The number of ether oxygens (including phenoxy) is 3.